The Kier molecular flexibility index (Phi) is 7.23. The highest BCUT2D eigenvalue weighted by atomic mass is 16.5. The second-order valence-electron chi connectivity index (χ2n) is 4.33. The summed E-state index contributed by atoms with van der Waals surface area (Å²) in [5.41, 5.74) is 11.8. The number of nitrogens with two attached hydrogens (primary N) is 2. The number of benzene rings is 1. The highest BCUT2D eigenvalue weighted by molar-refractivity contribution is 5.41. The van der Waals surface area contributed by atoms with Crippen molar-refractivity contribution in [3.63, 3.8) is 0 Å². The lowest BCUT2D eigenvalue weighted by Crippen LogP contribution is -1.99. The molecule has 0 saturated carbocycles. The molecule has 0 aromatic heterocycles. The van der Waals surface area contributed by atoms with E-state index in [0.717, 1.165) is 37.4 Å². The summed E-state index contributed by atoms with van der Waals surface area (Å²) in [5.74, 6) is 0.905. The van der Waals surface area contributed by atoms with E-state index in [9.17, 15) is 0 Å². The van der Waals surface area contributed by atoms with Crippen molar-refractivity contribution < 1.29 is 4.74 Å². The summed E-state index contributed by atoms with van der Waals surface area (Å²) in [7, 11) is 0. The molecule has 96 valence electrons. The minimum Gasteiger partial charge on any atom is -0.494 e. The highest BCUT2D eigenvalue weighted by Gasteiger charge is 1.94. The van der Waals surface area contributed by atoms with Gasteiger partial charge in [-0.05, 0) is 43.7 Å². The monoisotopic (exact) mass is 236 g/mol. The standard InChI is InChI=1S/C14H24N2O/c15-11-5-3-1-2-4-6-12-17-14-9-7-13(16)8-10-14/h7-10H,1-6,11-12,15-16H2. The molecule has 0 bridgehead atoms. The van der Waals surface area contributed by atoms with E-state index in [1.165, 1.54) is 25.7 Å². The number of hydrogen-bond donors (Lipinski definition) is 2. The molecule has 4 N–H and O–H groups in total. The molecular formula is C14H24N2O. The molecule has 17 heavy (non-hydrogen) atoms. The van der Waals surface area contributed by atoms with Crippen molar-refractivity contribution in [2.45, 2.75) is 38.5 Å². The molecule has 0 aliphatic carbocycles. The average molecular weight is 236 g/mol. The summed E-state index contributed by atoms with van der Waals surface area (Å²) < 4.78 is 5.61. The van der Waals surface area contributed by atoms with Gasteiger partial charge in [0.1, 0.15) is 5.75 Å². The van der Waals surface area contributed by atoms with Crippen LogP contribution in [0.2, 0.25) is 0 Å². The molecule has 3 nitrogen and oxygen atoms in total. The maximum absolute atomic E-state index is 5.61. The molecule has 0 aliphatic heterocycles. The van der Waals surface area contributed by atoms with Crippen LogP contribution in [0, 0.1) is 0 Å². The normalized spacial score (nSPS) is 10.4. The van der Waals surface area contributed by atoms with Gasteiger partial charge in [-0.1, -0.05) is 25.7 Å². The molecule has 1 aromatic carbocycles. The van der Waals surface area contributed by atoms with Crippen molar-refractivity contribution in [3.05, 3.63) is 24.3 Å². The maximum atomic E-state index is 5.61. The number of nitrogen functional groups attached to an aromatic ring is 1. The summed E-state index contributed by atoms with van der Waals surface area (Å²) in [6, 6.07) is 7.55. The zero-order valence-corrected chi connectivity index (χ0v) is 10.5. The van der Waals surface area contributed by atoms with Gasteiger partial charge < -0.3 is 16.2 Å². The molecule has 0 radical (unpaired) electrons. The zero-order chi connectivity index (χ0) is 12.3. The maximum Gasteiger partial charge on any atom is 0.119 e. The Balaban J connectivity index is 1.95. The van der Waals surface area contributed by atoms with Crippen LogP contribution in [0.25, 0.3) is 0 Å². The minimum absolute atomic E-state index is 0.775. The van der Waals surface area contributed by atoms with Crippen LogP contribution >= 0.6 is 0 Å². The van der Waals surface area contributed by atoms with Gasteiger partial charge in [0.15, 0.2) is 0 Å². The summed E-state index contributed by atoms with van der Waals surface area (Å²) in [6.07, 6.45) is 7.34. The van der Waals surface area contributed by atoms with E-state index in [0.29, 0.717) is 0 Å². The van der Waals surface area contributed by atoms with Crippen LogP contribution in [-0.2, 0) is 0 Å². The van der Waals surface area contributed by atoms with E-state index in [2.05, 4.69) is 0 Å². The third kappa shape index (κ3) is 6.84. The first-order chi connectivity index (χ1) is 8.33. The predicted octanol–water partition coefficient (Wildman–Crippen LogP) is 2.95. The summed E-state index contributed by atoms with van der Waals surface area (Å²) in [5, 5.41) is 0. The molecule has 0 fully saturated rings. The third-order valence-corrected chi connectivity index (χ3v) is 2.75. The topological polar surface area (TPSA) is 61.3 Å². The number of anilines is 1. The lowest BCUT2D eigenvalue weighted by atomic mass is 10.1. The van der Waals surface area contributed by atoms with Gasteiger partial charge in [-0.15, -0.1) is 0 Å². The SMILES string of the molecule is NCCCCCCCCOc1ccc(N)cc1. The van der Waals surface area contributed by atoms with E-state index in [1.54, 1.807) is 0 Å². The largest absolute Gasteiger partial charge is 0.494 e. The molecule has 0 heterocycles. The van der Waals surface area contributed by atoms with Crippen LogP contribution in [0.4, 0.5) is 5.69 Å². The van der Waals surface area contributed by atoms with Crippen LogP contribution < -0.4 is 16.2 Å². The van der Waals surface area contributed by atoms with Gasteiger partial charge in [0, 0.05) is 5.69 Å². The number of hydrogen-bond acceptors (Lipinski definition) is 3. The van der Waals surface area contributed by atoms with E-state index in [1.807, 2.05) is 24.3 Å². The molecule has 1 rings (SSSR count). The van der Waals surface area contributed by atoms with Crippen LogP contribution in [0.3, 0.4) is 0 Å². The van der Waals surface area contributed by atoms with Crippen LogP contribution in [0.5, 0.6) is 5.75 Å². The van der Waals surface area contributed by atoms with Crippen molar-refractivity contribution in [3.8, 4) is 5.75 Å². The first-order valence-electron chi connectivity index (χ1n) is 6.51. The van der Waals surface area contributed by atoms with Gasteiger partial charge in [0.05, 0.1) is 6.61 Å². The van der Waals surface area contributed by atoms with E-state index in [-0.39, 0.29) is 0 Å². The fraction of sp³-hybridized carbons (Fsp3) is 0.571. The first kappa shape index (κ1) is 13.8. The van der Waals surface area contributed by atoms with Crippen LogP contribution in [0.15, 0.2) is 24.3 Å². The summed E-state index contributed by atoms with van der Waals surface area (Å²) in [6.45, 7) is 1.61. The Hall–Kier alpha value is -1.22. The van der Waals surface area contributed by atoms with E-state index >= 15 is 0 Å². The fourth-order valence-corrected chi connectivity index (χ4v) is 1.71. The van der Waals surface area contributed by atoms with Crippen molar-refractivity contribution >= 4 is 5.69 Å². The predicted molar refractivity (Wildman–Crippen MR) is 73.1 cm³/mol. The van der Waals surface area contributed by atoms with Crippen LogP contribution in [-0.4, -0.2) is 13.2 Å². The molecular weight excluding hydrogens is 212 g/mol. The molecule has 0 unspecified atom stereocenters. The van der Waals surface area contributed by atoms with Crippen LogP contribution in [0.1, 0.15) is 38.5 Å². The Morgan fingerprint density at radius 3 is 2.06 bits per heavy atom. The third-order valence-electron chi connectivity index (χ3n) is 2.75. The van der Waals surface area contributed by atoms with E-state index in [4.69, 9.17) is 16.2 Å². The molecule has 0 amide bonds. The average Bonchev–Trinajstić information content (AvgIpc) is 2.35. The zero-order valence-electron chi connectivity index (χ0n) is 10.5. The Labute approximate surface area is 104 Å². The summed E-state index contributed by atoms with van der Waals surface area (Å²) >= 11 is 0. The van der Waals surface area contributed by atoms with Crippen molar-refractivity contribution in [2.24, 2.45) is 5.73 Å². The van der Waals surface area contributed by atoms with Crippen molar-refractivity contribution in [1.82, 2.24) is 0 Å². The fourth-order valence-electron chi connectivity index (χ4n) is 1.71. The van der Waals surface area contributed by atoms with Gasteiger partial charge in [0.2, 0.25) is 0 Å². The van der Waals surface area contributed by atoms with Gasteiger partial charge in [-0.25, -0.2) is 0 Å². The molecule has 0 saturated heterocycles. The molecule has 0 atom stereocenters. The Morgan fingerprint density at radius 2 is 1.41 bits per heavy atom. The number of rotatable bonds is 9. The highest BCUT2D eigenvalue weighted by Crippen LogP contribution is 2.13. The summed E-state index contributed by atoms with van der Waals surface area (Å²) in [4.78, 5) is 0. The van der Waals surface area contributed by atoms with E-state index < -0.39 is 0 Å². The quantitative estimate of drug-likeness (QED) is 0.512. The van der Waals surface area contributed by atoms with Gasteiger partial charge in [-0.2, -0.15) is 0 Å². The number of unbranched alkanes of at least 4 members (excludes halogenated alkanes) is 5. The number of ether oxygens (including phenoxy) is 1. The second-order valence-corrected chi connectivity index (χ2v) is 4.33. The lowest BCUT2D eigenvalue weighted by molar-refractivity contribution is 0.304. The van der Waals surface area contributed by atoms with Gasteiger partial charge >= 0.3 is 0 Å². The Morgan fingerprint density at radius 1 is 0.824 bits per heavy atom. The second kappa shape index (κ2) is 8.88. The molecule has 1 aromatic rings. The van der Waals surface area contributed by atoms with Crippen molar-refractivity contribution in [1.29, 1.82) is 0 Å². The van der Waals surface area contributed by atoms with Crippen molar-refractivity contribution in [2.75, 3.05) is 18.9 Å². The van der Waals surface area contributed by atoms with Gasteiger partial charge in [-0.3, -0.25) is 0 Å². The molecule has 3 heteroatoms. The minimum atomic E-state index is 0.775. The lowest BCUT2D eigenvalue weighted by Gasteiger charge is -2.06. The molecule has 0 spiro atoms. The van der Waals surface area contributed by atoms with Gasteiger partial charge in [0.25, 0.3) is 0 Å². The smallest absolute Gasteiger partial charge is 0.119 e. The molecule has 0 aliphatic rings. The first-order valence-corrected chi connectivity index (χ1v) is 6.51. The Bertz CT molecular complexity index is 285.